The second-order valence-corrected chi connectivity index (χ2v) is 4.19. The second-order valence-electron chi connectivity index (χ2n) is 3.75. The topological polar surface area (TPSA) is 17.8 Å². The van der Waals surface area contributed by atoms with Gasteiger partial charge in [0.05, 0.1) is 11.4 Å². The highest BCUT2D eigenvalue weighted by atomic mass is 35.5. The maximum atomic E-state index is 5.93. The molecule has 78 valence electrons. The van der Waals surface area contributed by atoms with E-state index in [-0.39, 0.29) is 0 Å². The minimum absolute atomic E-state index is 0.773. The van der Waals surface area contributed by atoms with Crippen LogP contribution in [0.25, 0.3) is 11.3 Å². The molecule has 0 radical (unpaired) electrons. The molecule has 0 unspecified atom stereocenters. The molecule has 0 aliphatic carbocycles. The van der Waals surface area contributed by atoms with Crippen molar-refractivity contribution in [1.29, 1.82) is 0 Å². The fraction of sp³-hybridized carbons (Fsp3) is 0.250. The third-order valence-corrected chi connectivity index (χ3v) is 2.70. The van der Waals surface area contributed by atoms with Crippen molar-refractivity contribution in [2.75, 3.05) is 0 Å². The lowest BCUT2D eigenvalue weighted by Gasteiger charge is -2.06. The first-order chi connectivity index (χ1) is 7.08. The average Bonchev–Trinajstić information content (AvgIpc) is 2.45. The third kappa shape index (κ3) is 1.90. The summed E-state index contributed by atoms with van der Waals surface area (Å²) >= 11 is 5.93. The standard InChI is InChI=1S/C12H13ClN2/c1-8-6-10(13)4-5-11(8)12-7-9(2)14-15(12)3/h4-7H,1-3H3. The van der Waals surface area contributed by atoms with Crippen molar-refractivity contribution in [2.24, 2.45) is 7.05 Å². The van der Waals surface area contributed by atoms with E-state index in [2.05, 4.69) is 18.1 Å². The van der Waals surface area contributed by atoms with Crippen molar-refractivity contribution in [3.8, 4) is 11.3 Å². The summed E-state index contributed by atoms with van der Waals surface area (Å²) in [6, 6.07) is 8.00. The van der Waals surface area contributed by atoms with Crippen molar-refractivity contribution in [2.45, 2.75) is 13.8 Å². The van der Waals surface area contributed by atoms with Gasteiger partial charge < -0.3 is 0 Å². The monoisotopic (exact) mass is 220 g/mol. The zero-order chi connectivity index (χ0) is 11.0. The van der Waals surface area contributed by atoms with Gasteiger partial charge >= 0.3 is 0 Å². The molecular formula is C12H13ClN2. The zero-order valence-corrected chi connectivity index (χ0v) is 9.84. The molecule has 0 aliphatic heterocycles. The first-order valence-electron chi connectivity index (χ1n) is 4.85. The van der Waals surface area contributed by atoms with Gasteiger partial charge in [0.25, 0.3) is 0 Å². The van der Waals surface area contributed by atoms with Crippen molar-refractivity contribution < 1.29 is 0 Å². The molecule has 0 aliphatic rings. The van der Waals surface area contributed by atoms with Crippen LogP contribution in [0, 0.1) is 13.8 Å². The second kappa shape index (κ2) is 3.70. The molecule has 2 nitrogen and oxygen atoms in total. The van der Waals surface area contributed by atoms with Gasteiger partial charge in [-0.3, -0.25) is 4.68 Å². The maximum Gasteiger partial charge on any atom is 0.0684 e. The highest BCUT2D eigenvalue weighted by molar-refractivity contribution is 6.30. The first-order valence-corrected chi connectivity index (χ1v) is 5.23. The molecule has 1 aromatic carbocycles. The van der Waals surface area contributed by atoms with Gasteiger partial charge in [0.15, 0.2) is 0 Å². The van der Waals surface area contributed by atoms with Gasteiger partial charge in [0, 0.05) is 17.6 Å². The summed E-state index contributed by atoms with van der Waals surface area (Å²) in [5.41, 5.74) is 4.51. The van der Waals surface area contributed by atoms with Crippen LogP contribution in [0.1, 0.15) is 11.3 Å². The molecule has 0 bridgehead atoms. The fourth-order valence-electron chi connectivity index (χ4n) is 1.78. The number of hydrogen-bond donors (Lipinski definition) is 0. The quantitative estimate of drug-likeness (QED) is 0.721. The van der Waals surface area contributed by atoms with Crippen molar-refractivity contribution in [1.82, 2.24) is 9.78 Å². The molecule has 2 rings (SSSR count). The van der Waals surface area contributed by atoms with E-state index < -0.39 is 0 Å². The summed E-state index contributed by atoms with van der Waals surface area (Å²) in [6.07, 6.45) is 0. The van der Waals surface area contributed by atoms with E-state index in [1.807, 2.05) is 36.9 Å². The van der Waals surface area contributed by atoms with Crippen LogP contribution in [-0.4, -0.2) is 9.78 Å². The molecule has 0 saturated carbocycles. The summed E-state index contributed by atoms with van der Waals surface area (Å²) in [7, 11) is 1.95. The molecule has 0 fully saturated rings. The summed E-state index contributed by atoms with van der Waals surface area (Å²) in [6.45, 7) is 4.05. The Hall–Kier alpha value is -1.28. The Kier molecular flexibility index (Phi) is 2.53. The number of benzene rings is 1. The normalized spacial score (nSPS) is 10.7. The Labute approximate surface area is 94.5 Å². The van der Waals surface area contributed by atoms with Crippen LogP contribution < -0.4 is 0 Å². The molecule has 15 heavy (non-hydrogen) atoms. The number of halogens is 1. The van der Waals surface area contributed by atoms with Gasteiger partial charge in [-0.15, -0.1) is 0 Å². The number of aromatic nitrogens is 2. The zero-order valence-electron chi connectivity index (χ0n) is 9.08. The Morgan fingerprint density at radius 1 is 1.20 bits per heavy atom. The lowest BCUT2D eigenvalue weighted by molar-refractivity contribution is 0.763. The van der Waals surface area contributed by atoms with E-state index in [1.165, 1.54) is 11.1 Å². The lowest BCUT2D eigenvalue weighted by Crippen LogP contribution is -1.95. The number of hydrogen-bond acceptors (Lipinski definition) is 1. The van der Waals surface area contributed by atoms with Crippen LogP contribution >= 0.6 is 11.6 Å². The molecule has 1 aromatic heterocycles. The highest BCUT2D eigenvalue weighted by Gasteiger charge is 2.07. The molecule has 0 spiro atoms. The molecule has 0 saturated heterocycles. The van der Waals surface area contributed by atoms with Crippen LogP contribution in [-0.2, 0) is 7.05 Å². The van der Waals surface area contributed by atoms with E-state index in [0.717, 1.165) is 16.4 Å². The number of aryl methyl sites for hydroxylation is 3. The molecule has 2 aromatic rings. The Morgan fingerprint density at radius 3 is 2.47 bits per heavy atom. The Bertz CT molecular complexity index is 500. The Balaban J connectivity index is 2.59. The first kappa shape index (κ1) is 10.2. The van der Waals surface area contributed by atoms with E-state index in [1.54, 1.807) is 0 Å². The maximum absolute atomic E-state index is 5.93. The predicted octanol–water partition coefficient (Wildman–Crippen LogP) is 3.36. The van der Waals surface area contributed by atoms with Gasteiger partial charge in [0.1, 0.15) is 0 Å². The summed E-state index contributed by atoms with van der Waals surface area (Å²) in [4.78, 5) is 0. The minimum Gasteiger partial charge on any atom is -0.268 e. The predicted molar refractivity (Wildman–Crippen MR) is 63.1 cm³/mol. The Morgan fingerprint density at radius 2 is 1.93 bits per heavy atom. The van der Waals surface area contributed by atoms with Crippen molar-refractivity contribution in [3.05, 3.63) is 40.5 Å². The molecular weight excluding hydrogens is 208 g/mol. The number of nitrogens with zero attached hydrogens (tertiary/aromatic N) is 2. The summed E-state index contributed by atoms with van der Waals surface area (Å²) in [5, 5.41) is 5.11. The van der Waals surface area contributed by atoms with E-state index in [0.29, 0.717) is 0 Å². The van der Waals surface area contributed by atoms with Gasteiger partial charge in [0.2, 0.25) is 0 Å². The highest BCUT2D eigenvalue weighted by Crippen LogP contribution is 2.25. The minimum atomic E-state index is 0.773. The van der Waals surface area contributed by atoms with Crippen LogP contribution in [0.2, 0.25) is 5.02 Å². The van der Waals surface area contributed by atoms with Crippen molar-refractivity contribution >= 4 is 11.6 Å². The third-order valence-electron chi connectivity index (χ3n) is 2.47. The smallest absolute Gasteiger partial charge is 0.0684 e. The lowest BCUT2D eigenvalue weighted by atomic mass is 10.1. The van der Waals surface area contributed by atoms with Crippen LogP contribution in [0.5, 0.6) is 0 Å². The molecule has 1 heterocycles. The largest absolute Gasteiger partial charge is 0.268 e. The summed E-state index contributed by atoms with van der Waals surface area (Å²) < 4.78 is 1.89. The van der Waals surface area contributed by atoms with E-state index in [4.69, 9.17) is 11.6 Å². The van der Waals surface area contributed by atoms with Crippen LogP contribution in [0.3, 0.4) is 0 Å². The van der Waals surface area contributed by atoms with Crippen LogP contribution in [0.4, 0.5) is 0 Å². The average molecular weight is 221 g/mol. The fourth-order valence-corrected chi connectivity index (χ4v) is 2.00. The molecule has 0 N–H and O–H groups in total. The van der Waals surface area contributed by atoms with Crippen LogP contribution in [0.15, 0.2) is 24.3 Å². The number of rotatable bonds is 1. The molecule has 0 amide bonds. The van der Waals surface area contributed by atoms with Gasteiger partial charge in [-0.1, -0.05) is 17.7 Å². The molecule has 0 atom stereocenters. The SMILES string of the molecule is Cc1cc(-c2ccc(Cl)cc2C)n(C)n1. The van der Waals surface area contributed by atoms with Crippen molar-refractivity contribution in [3.63, 3.8) is 0 Å². The van der Waals surface area contributed by atoms with E-state index in [9.17, 15) is 0 Å². The van der Waals surface area contributed by atoms with E-state index >= 15 is 0 Å². The van der Waals surface area contributed by atoms with Gasteiger partial charge in [-0.25, -0.2) is 0 Å². The van der Waals surface area contributed by atoms with Gasteiger partial charge in [-0.05, 0) is 37.6 Å². The molecule has 3 heteroatoms. The van der Waals surface area contributed by atoms with Gasteiger partial charge in [-0.2, -0.15) is 5.10 Å². The summed E-state index contributed by atoms with van der Waals surface area (Å²) in [5.74, 6) is 0.